The molecule has 8 heteroatoms. The number of halogens is 1. The second-order valence-corrected chi connectivity index (χ2v) is 7.53. The molecule has 1 amide bonds. The molecule has 0 saturated heterocycles. The molecule has 0 radical (unpaired) electrons. The maximum Gasteiger partial charge on any atom is 0.251 e. The number of pyridine rings is 1. The Labute approximate surface area is 146 Å². The number of nitrogens with zero attached hydrogens (tertiary/aromatic N) is 1. The van der Waals surface area contributed by atoms with Crippen LogP contribution in [0.1, 0.15) is 21.6 Å². The normalized spacial score (nSPS) is 11.2. The van der Waals surface area contributed by atoms with Gasteiger partial charge < -0.3 is 5.32 Å². The summed E-state index contributed by atoms with van der Waals surface area (Å²) < 4.78 is 24.5. The number of hydrogen-bond acceptors (Lipinski definition) is 4. The molecule has 6 nitrogen and oxygen atoms in total. The standard InChI is InChI=1S/C16H18ClN3O3S/c1-24(22,23)20-11-15-10-13(7-9-18-15)16(21)19-8-6-12-2-4-14(17)5-3-12/h2-5,7,9-10,20H,6,8,11H2,1H3,(H,19,21). The molecule has 128 valence electrons. The Morgan fingerprint density at radius 2 is 1.92 bits per heavy atom. The van der Waals surface area contributed by atoms with E-state index in [2.05, 4.69) is 15.0 Å². The van der Waals surface area contributed by atoms with Crippen molar-refractivity contribution in [2.45, 2.75) is 13.0 Å². The van der Waals surface area contributed by atoms with Crippen LogP contribution < -0.4 is 10.0 Å². The molecule has 0 saturated carbocycles. The number of carbonyl (C=O) groups excluding carboxylic acids is 1. The molecule has 0 spiro atoms. The Morgan fingerprint density at radius 1 is 1.21 bits per heavy atom. The average molecular weight is 368 g/mol. The lowest BCUT2D eigenvalue weighted by atomic mass is 10.1. The SMILES string of the molecule is CS(=O)(=O)NCc1cc(C(=O)NCCc2ccc(Cl)cc2)ccn1. The van der Waals surface area contributed by atoms with E-state index in [-0.39, 0.29) is 12.5 Å². The first-order valence-corrected chi connectivity index (χ1v) is 9.52. The highest BCUT2D eigenvalue weighted by Crippen LogP contribution is 2.09. The Bertz CT molecular complexity index is 808. The first kappa shape index (κ1) is 18.4. The number of carbonyl (C=O) groups is 1. The van der Waals surface area contributed by atoms with Gasteiger partial charge in [-0.2, -0.15) is 0 Å². The summed E-state index contributed by atoms with van der Waals surface area (Å²) >= 11 is 5.83. The molecule has 1 aromatic carbocycles. The Morgan fingerprint density at radius 3 is 2.58 bits per heavy atom. The molecule has 2 N–H and O–H groups in total. The molecule has 0 bridgehead atoms. The number of hydrogen-bond donors (Lipinski definition) is 2. The number of benzene rings is 1. The summed E-state index contributed by atoms with van der Waals surface area (Å²) in [5.74, 6) is -0.230. The van der Waals surface area contributed by atoms with Crippen molar-refractivity contribution in [2.24, 2.45) is 0 Å². The van der Waals surface area contributed by atoms with Gasteiger partial charge in [-0.05, 0) is 36.2 Å². The van der Waals surface area contributed by atoms with Crippen LogP contribution in [0.3, 0.4) is 0 Å². The van der Waals surface area contributed by atoms with Gasteiger partial charge >= 0.3 is 0 Å². The monoisotopic (exact) mass is 367 g/mol. The van der Waals surface area contributed by atoms with Crippen LogP contribution >= 0.6 is 11.6 Å². The van der Waals surface area contributed by atoms with E-state index in [1.54, 1.807) is 12.1 Å². The lowest BCUT2D eigenvalue weighted by Crippen LogP contribution is -2.26. The summed E-state index contributed by atoms with van der Waals surface area (Å²) in [4.78, 5) is 16.2. The summed E-state index contributed by atoms with van der Waals surface area (Å²) in [6.07, 6.45) is 3.24. The van der Waals surface area contributed by atoms with E-state index in [0.29, 0.717) is 29.2 Å². The summed E-state index contributed by atoms with van der Waals surface area (Å²) in [5, 5.41) is 3.50. The van der Waals surface area contributed by atoms with Crippen LogP contribution in [-0.2, 0) is 23.0 Å². The number of sulfonamides is 1. The van der Waals surface area contributed by atoms with Gasteiger partial charge in [0.05, 0.1) is 18.5 Å². The summed E-state index contributed by atoms with van der Waals surface area (Å²) in [6, 6.07) is 10.6. The molecular weight excluding hydrogens is 350 g/mol. The predicted molar refractivity (Wildman–Crippen MR) is 93.4 cm³/mol. The molecule has 0 unspecified atom stereocenters. The smallest absolute Gasteiger partial charge is 0.251 e. The average Bonchev–Trinajstić information content (AvgIpc) is 2.54. The first-order valence-electron chi connectivity index (χ1n) is 7.26. The van der Waals surface area contributed by atoms with Gasteiger partial charge in [-0.15, -0.1) is 0 Å². The maximum absolute atomic E-state index is 12.1. The molecular formula is C16H18ClN3O3S. The van der Waals surface area contributed by atoms with Gasteiger partial charge in [0.2, 0.25) is 10.0 Å². The largest absolute Gasteiger partial charge is 0.352 e. The fourth-order valence-electron chi connectivity index (χ4n) is 1.99. The second-order valence-electron chi connectivity index (χ2n) is 5.26. The zero-order valence-electron chi connectivity index (χ0n) is 13.1. The van der Waals surface area contributed by atoms with Crippen LogP contribution in [0.25, 0.3) is 0 Å². The quantitative estimate of drug-likeness (QED) is 0.780. The molecule has 0 aliphatic heterocycles. The third kappa shape index (κ3) is 6.27. The molecule has 0 atom stereocenters. The van der Waals surface area contributed by atoms with Crippen LogP contribution in [0, 0.1) is 0 Å². The number of rotatable bonds is 7. The molecule has 1 heterocycles. The van der Waals surface area contributed by atoms with Crippen molar-refractivity contribution in [3.63, 3.8) is 0 Å². The van der Waals surface area contributed by atoms with E-state index >= 15 is 0 Å². The number of nitrogens with one attached hydrogen (secondary N) is 2. The van der Waals surface area contributed by atoms with E-state index in [0.717, 1.165) is 11.8 Å². The molecule has 0 aliphatic carbocycles. The lowest BCUT2D eigenvalue weighted by Gasteiger charge is -2.07. The van der Waals surface area contributed by atoms with Gasteiger partial charge in [0.1, 0.15) is 0 Å². The maximum atomic E-state index is 12.1. The number of amides is 1. The highest BCUT2D eigenvalue weighted by atomic mass is 35.5. The van der Waals surface area contributed by atoms with E-state index in [1.807, 2.05) is 24.3 Å². The Kier molecular flexibility index (Phi) is 6.30. The van der Waals surface area contributed by atoms with E-state index < -0.39 is 10.0 Å². The summed E-state index contributed by atoms with van der Waals surface area (Å²) in [6.45, 7) is 0.532. The van der Waals surface area contributed by atoms with Crippen molar-refractivity contribution < 1.29 is 13.2 Å². The molecule has 2 aromatic rings. The minimum absolute atomic E-state index is 0.0464. The highest BCUT2D eigenvalue weighted by Gasteiger charge is 2.08. The van der Waals surface area contributed by atoms with Crippen LogP contribution in [-0.4, -0.2) is 32.1 Å². The van der Waals surface area contributed by atoms with Gasteiger partial charge in [0.25, 0.3) is 5.91 Å². The van der Waals surface area contributed by atoms with Crippen molar-refractivity contribution in [2.75, 3.05) is 12.8 Å². The minimum atomic E-state index is -3.30. The molecule has 0 fully saturated rings. The van der Waals surface area contributed by atoms with Crippen LogP contribution in [0.4, 0.5) is 0 Å². The van der Waals surface area contributed by atoms with Crippen LogP contribution in [0.5, 0.6) is 0 Å². The number of aromatic nitrogens is 1. The molecule has 24 heavy (non-hydrogen) atoms. The fourth-order valence-corrected chi connectivity index (χ4v) is 2.53. The third-order valence-corrected chi connectivity index (χ3v) is 4.13. The Balaban J connectivity index is 1.88. The predicted octanol–water partition coefficient (Wildman–Crippen LogP) is 1.76. The van der Waals surface area contributed by atoms with Crippen molar-refractivity contribution in [1.29, 1.82) is 0 Å². The summed E-state index contributed by atoms with van der Waals surface area (Å²) in [5.41, 5.74) is 1.99. The van der Waals surface area contributed by atoms with Crippen LogP contribution in [0.15, 0.2) is 42.6 Å². The van der Waals surface area contributed by atoms with E-state index in [1.165, 1.54) is 6.20 Å². The third-order valence-electron chi connectivity index (χ3n) is 3.21. The molecule has 1 aromatic heterocycles. The van der Waals surface area contributed by atoms with Crippen LogP contribution in [0.2, 0.25) is 5.02 Å². The fraction of sp³-hybridized carbons (Fsp3) is 0.250. The van der Waals surface area contributed by atoms with Crippen molar-refractivity contribution in [1.82, 2.24) is 15.0 Å². The van der Waals surface area contributed by atoms with Crippen molar-refractivity contribution in [3.8, 4) is 0 Å². The van der Waals surface area contributed by atoms with Crippen molar-refractivity contribution >= 4 is 27.5 Å². The highest BCUT2D eigenvalue weighted by molar-refractivity contribution is 7.88. The van der Waals surface area contributed by atoms with Gasteiger partial charge in [0, 0.05) is 23.3 Å². The van der Waals surface area contributed by atoms with Gasteiger partial charge in [-0.25, -0.2) is 13.1 Å². The van der Waals surface area contributed by atoms with Crippen molar-refractivity contribution in [3.05, 3.63) is 64.4 Å². The van der Waals surface area contributed by atoms with E-state index in [4.69, 9.17) is 11.6 Å². The second kappa shape index (κ2) is 8.23. The van der Waals surface area contributed by atoms with E-state index in [9.17, 15) is 13.2 Å². The topological polar surface area (TPSA) is 88.2 Å². The molecule has 2 rings (SSSR count). The molecule has 0 aliphatic rings. The van der Waals surface area contributed by atoms with Gasteiger partial charge in [0.15, 0.2) is 0 Å². The Hall–Kier alpha value is -1.96. The first-order chi connectivity index (χ1) is 11.3. The zero-order chi connectivity index (χ0) is 17.6. The van der Waals surface area contributed by atoms with Gasteiger partial charge in [-0.1, -0.05) is 23.7 Å². The lowest BCUT2D eigenvalue weighted by molar-refractivity contribution is 0.0954. The zero-order valence-corrected chi connectivity index (χ0v) is 14.7. The van der Waals surface area contributed by atoms with Gasteiger partial charge in [-0.3, -0.25) is 9.78 Å². The summed E-state index contributed by atoms with van der Waals surface area (Å²) in [7, 11) is -3.30. The minimum Gasteiger partial charge on any atom is -0.352 e.